The van der Waals surface area contributed by atoms with Crippen LogP contribution < -0.4 is 15.8 Å². The quantitative estimate of drug-likeness (QED) is 0.483. The summed E-state index contributed by atoms with van der Waals surface area (Å²) in [5.74, 6) is 1.91. The van der Waals surface area contributed by atoms with Crippen LogP contribution in [0.5, 0.6) is 5.75 Å². The van der Waals surface area contributed by atoms with E-state index >= 15 is 0 Å². The summed E-state index contributed by atoms with van der Waals surface area (Å²) in [6.45, 7) is 5.16. The van der Waals surface area contributed by atoms with Crippen LogP contribution in [0.3, 0.4) is 0 Å². The van der Waals surface area contributed by atoms with Gasteiger partial charge in [0.25, 0.3) is 0 Å². The second-order valence-corrected chi connectivity index (χ2v) is 11.1. The highest BCUT2D eigenvalue weighted by Crippen LogP contribution is 2.45. The summed E-state index contributed by atoms with van der Waals surface area (Å²) in [7, 11) is 0. The van der Waals surface area contributed by atoms with Gasteiger partial charge in [-0.05, 0) is 62.1 Å². The molecule has 8 heteroatoms. The molecule has 2 aliphatic heterocycles. The number of rotatable bonds is 8. The maximum absolute atomic E-state index is 11.9. The Labute approximate surface area is 211 Å². The van der Waals surface area contributed by atoms with Crippen molar-refractivity contribution in [1.82, 2.24) is 19.9 Å². The fourth-order valence-electron chi connectivity index (χ4n) is 6.00. The molecule has 0 unspecified atom stereocenters. The van der Waals surface area contributed by atoms with E-state index in [9.17, 15) is 4.79 Å². The highest BCUT2D eigenvalue weighted by Gasteiger charge is 2.46. The van der Waals surface area contributed by atoms with Gasteiger partial charge < -0.3 is 25.1 Å². The molecule has 1 saturated carbocycles. The number of nitrogens with two attached hydrogens (primary N) is 1. The number of aromatic nitrogens is 3. The molecule has 2 bridgehead atoms. The van der Waals surface area contributed by atoms with Crippen molar-refractivity contribution in [3.8, 4) is 16.9 Å². The average Bonchev–Trinajstić information content (AvgIpc) is 3.56. The van der Waals surface area contributed by atoms with Crippen molar-refractivity contribution in [1.29, 1.82) is 0 Å². The summed E-state index contributed by atoms with van der Waals surface area (Å²) >= 11 is 0. The number of benzene rings is 1. The second kappa shape index (κ2) is 9.07. The van der Waals surface area contributed by atoms with Crippen LogP contribution in [-0.4, -0.2) is 45.3 Å². The van der Waals surface area contributed by atoms with Crippen LogP contribution in [0, 0.1) is 11.8 Å². The van der Waals surface area contributed by atoms with E-state index in [0.717, 1.165) is 73.0 Å². The minimum absolute atomic E-state index is 0.0108. The molecule has 4 heterocycles. The maximum Gasteiger partial charge on any atom is 0.222 e. The number of hydrogen-bond acceptors (Lipinski definition) is 6. The predicted octanol–water partition coefficient (Wildman–Crippen LogP) is 4.49. The monoisotopic (exact) mass is 489 g/mol. The van der Waals surface area contributed by atoms with Gasteiger partial charge >= 0.3 is 0 Å². The average molecular weight is 490 g/mol. The highest BCUT2D eigenvalue weighted by molar-refractivity contribution is 6.00. The lowest BCUT2D eigenvalue weighted by molar-refractivity contribution is -0.124. The van der Waals surface area contributed by atoms with Crippen LogP contribution in [-0.2, 0) is 9.53 Å². The molecule has 0 atom stereocenters. The molecule has 6 rings (SSSR count). The molecule has 3 fully saturated rings. The smallest absolute Gasteiger partial charge is 0.222 e. The van der Waals surface area contributed by atoms with Crippen molar-refractivity contribution in [3.05, 3.63) is 36.8 Å². The predicted molar refractivity (Wildman–Crippen MR) is 139 cm³/mol. The molecule has 2 saturated heterocycles. The zero-order valence-corrected chi connectivity index (χ0v) is 21.1. The molecule has 0 radical (unpaired) electrons. The Kier molecular flexibility index (Phi) is 5.86. The van der Waals surface area contributed by atoms with Crippen LogP contribution in [0.25, 0.3) is 22.2 Å². The highest BCUT2D eigenvalue weighted by atomic mass is 16.6. The summed E-state index contributed by atoms with van der Waals surface area (Å²) in [5, 5.41) is 3.94. The maximum atomic E-state index is 11.9. The normalized spacial score (nSPS) is 26.9. The van der Waals surface area contributed by atoms with E-state index in [1.54, 1.807) is 0 Å². The van der Waals surface area contributed by atoms with E-state index in [0.29, 0.717) is 30.5 Å². The number of carbonyl (C=O) groups excluding carboxylic acids is 1. The molecule has 36 heavy (non-hydrogen) atoms. The fourth-order valence-corrected chi connectivity index (χ4v) is 6.00. The van der Waals surface area contributed by atoms with Gasteiger partial charge in [0.1, 0.15) is 35.7 Å². The Balaban J connectivity index is 1.21. The summed E-state index contributed by atoms with van der Waals surface area (Å²) in [6, 6.07) is 8.51. The Bertz CT molecular complexity index is 1270. The summed E-state index contributed by atoms with van der Waals surface area (Å²) < 4.78 is 14.7. The van der Waals surface area contributed by atoms with Crippen LogP contribution in [0.15, 0.2) is 36.8 Å². The van der Waals surface area contributed by atoms with Gasteiger partial charge in [0.05, 0.1) is 11.5 Å². The van der Waals surface area contributed by atoms with E-state index in [1.807, 2.05) is 26.0 Å². The molecule has 3 aromatic rings. The first-order valence-corrected chi connectivity index (χ1v) is 13.2. The second-order valence-electron chi connectivity index (χ2n) is 11.1. The Morgan fingerprint density at radius 3 is 2.81 bits per heavy atom. The van der Waals surface area contributed by atoms with Crippen molar-refractivity contribution in [2.75, 3.05) is 18.9 Å². The first-order valence-electron chi connectivity index (χ1n) is 13.2. The third-order valence-corrected chi connectivity index (χ3v) is 8.24. The molecular formula is C28H35N5O3. The van der Waals surface area contributed by atoms with Gasteiger partial charge in [0.2, 0.25) is 5.91 Å². The number of nitrogen functional groups attached to an aromatic ring is 1. The van der Waals surface area contributed by atoms with Gasteiger partial charge in [0, 0.05) is 30.3 Å². The minimum atomic E-state index is -0.107. The third-order valence-electron chi connectivity index (χ3n) is 8.24. The third kappa shape index (κ3) is 4.21. The molecule has 2 aromatic heterocycles. The fraction of sp³-hybridized carbons (Fsp3) is 0.536. The van der Waals surface area contributed by atoms with Crippen LogP contribution >= 0.6 is 0 Å². The van der Waals surface area contributed by atoms with E-state index in [4.69, 9.17) is 15.2 Å². The number of ether oxygens (including phenoxy) is 2. The molecule has 0 spiro atoms. The molecule has 1 aromatic carbocycles. The lowest BCUT2D eigenvalue weighted by atomic mass is 9.80. The van der Waals surface area contributed by atoms with Crippen molar-refractivity contribution < 1.29 is 14.3 Å². The summed E-state index contributed by atoms with van der Waals surface area (Å²) in [6.07, 6.45) is 10.6. The molecule has 1 aliphatic carbocycles. The largest absolute Gasteiger partial charge is 0.491 e. The molecule has 8 nitrogen and oxygen atoms in total. The molecule has 3 N–H and O–H groups in total. The van der Waals surface area contributed by atoms with Crippen LogP contribution in [0.2, 0.25) is 0 Å². The van der Waals surface area contributed by atoms with E-state index in [1.165, 1.54) is 6.33 Å². The van der Waals surface area contributed by atoms with Crippen molar-refractivity contribution in [3.63, 3.8) is 0 Å². The zero-order chi connectivity index (χ0) is 24.9. The first kappa shape index (κ1) is 23.3. The number of fused-ring (bicyclic) bond motifs is 3. The van der Waals surface area contributed by atoms with Gasteiger partial charge in [-0.1, -0.05) is 26.0 Å². The topological polar surface area (TPSA) is 104 Å². The van der Waals surface area contributed by atoms with Crippen LogP contribution in [0.1, 0.15) is 58.4 Å². The first-order chi connectivity index (χ1) is 17.4. The van der Waals surface area contributed by atoms with Crippen molar-refractivity contribution in [2.45, 2.75) is 70.1 Å². The number of anilines is 1. The number of hydrogen-bond donors (Lipinski definition) is 2. The van der Waals surface area contributed by atoms with Crippen LogP contribution in [0.4, 0.5) is 5.82 Å². The summed E-state index contributed by atoms with van der Waals surface area (Å²) in [4.78, 5) is 20.8. The molecule has 1 amide bonds. The number of nitrogens with zero attached hydrogens (tertiary/aromatic N) is 3. The van der Waals surface area contributed by atoms with Gasteiger partial charge in [-0.15, -0.1) is 0 Å². The number of carbonyl (C=O) groups is 1. The van der Waals surface area contributed by atoms with E-state index in [-0.39, 0.29) is 17.4 Å². The van der Waals surface area contributed by atoms with Gasteiger partial charge in [-0.3, -0.25) is 4.79 Å². The molecule has 190 valence electrons. The van der Waals surface area contributed by atoms with E-state index < -0.39 is 0 Å². The number of amides is 1. The van der Waals surface area contributed by atoms with Crippen molar-refractivity contribution >= 4 is 22.8 Å². The minimum Gasteiger partial charge on any atom is -0.491 e. The Morgan fingerprint density at radius 1 is 1.28 bits per heavy atom. The Morgan fingerprint density at radius 2 is 2.08 bits per heavy atom. The van der Waals surface area contributed by atoms with Crippen molar-refractivity contribution in [2.24, 2.45) is 11.8 Å². The number of nitrogens with one attached hydrogen (secondary N) is 1. The summed E-state index contributed by atoms with van der Waals surface area (Å²) in [5.41, 5.74) is 9.16. The van der Waals surface area contributed by atoms with Gasteiger partial charge in [-0.25, -0.2) is 9.97 Å². The van der Waals surface area contributed by atoms with Gasteiger partial charge in [0.15, 0.2) is 0 Å². The SMILES string of the molecule is CC(C)C(=O)NCC1CC(n2cc(-c3cccc(OCC45CCC(CC4)O5)c3)c3c(N)ncnc32)C1. The standard InChI is InChI=1S/C28H35N5O3/c1-17(2)27(34)30-13-18-10-20(11-18)33-14-23(24-25(29)31-16-32-26(24)33)19-4-3-5-22(12-19)35-15-28-8-6-21(36-28)7-9-28/h3-5,12,14,16-18,20-21H,6-11,13,15H2,1-2H3,(H,30,34)(H2,29,31,32). The van der Waals surface area contributed by atoms with E-state index in [2.05, 4.69) is 38.2 Å². The lowest BCUT2D eigenvalue weighted by Gasteiger charge is -2.36. The van der Waals surface area contributed by atoms with Gasteiger partial charge in [-0.2, -0.15) is 0 Å². The zero-order valence-electron chi connectivity index (χ0n) is 21.1. The molecular weight excluding hydrogens is 454 g/mol. The lowest BCUT2D eigenvalue weighted by Crippen LogP contribution is -2.38. The molecule has 3 aliphatic rings. The Hall–Kier alpha value is -3.13.